The van der Waals surface area contributed by atoms with Gasteiger partial charge in [0.2, 0.25) is 0 Å². The molecular formula is C6H12O. The first-order valence-electron chi connectivity index (χ1n) is 3.00. The minimum Gasteiger partial charge on any atom is -0.370 e. The maximum Gasteiger partial charge on any atom is 0.0838 e. The highest BCUT2D eigenvalue weighted by atomic mass is 16.6. The van der Waals surface area contributed by atoms with E-state index in [4.69, 9.17) is 4.74 Å². The molecule has 0 aliphatic carbocycles. The van der Waals surface area contributed by atoms with E-state index in [0.29, 0.717) is 12.2 Å². The van der Waals surface area contributed by atoms with Crippen molar-refractivity contribution < 1.29 is 4.74 Å². The zero-order valence-electron chi connectivity index (χ0n) is 4.98. The van der Waals surface area contributed by atoms with Gasteiger partial charge in [0.15, 0.2) is 0 Å². The van der Waals surface area contributed by atoms with Gasteiger partial charge in [0.1, 0.15) is 0 Å². The van der Waals surface area contributed by atoms with Gasteiger partial charge in [-0.1, -0.05) is 13.3 Å². The second-order valence-electron chi connectivity index (χ2n) is 2.17. The Morgan fingerprint density at radius 1 is 1.57 bits per heavy atom. The van der Waals surface area contributed by atoms with Crippen LogP contribution in [-0.2, 0) is 4.74 Å². The normalized spacial score (nSPS) is 38.6. The number of epoxide rings is 1. The van der Waals surface area contributed by atoms with Gasteiger partial charge in [-0.05, 0) is 13.3 Å². The summed E-state index contributed by atoms with van der Waals surface area (Å²) in [5.41, 5.74) is 0. The fourth-order valence-electron chi connectivity index (χ4n) is 0.818. The van der Waals surface area contributed by atoms with E-state index in [2.05, 4.69) is 13.8 Å². The molecule has 0 saturated carbocycles. The van der Waals surface area contributed by atoms with Crippen molar-refractivity contribution >= 4 is 0 Å². The van der Waals surface area contributed by atoms with Gasteiger partial charge >= 0.3 is 0 Å². The molecule has 0 bridgehead atoms. The van der Waals surface area contributed by atoms with Crippen LogP contribution in [0, 0.1) is 0 Å². The van der Waals surface area contributed by atoms with Crippen molar-refractivity contribution in [1.82, 2.24) is 0 Å². The molecule has 1 rings (SSSR count). The maximum atomic E-state index is 5.16. The lowest BCUT2D eigenvalue weighted by Gasteiger charge is -1.81. The molecule has 42 valence electrons. The minimum absolute atomic E-state index is 0.569. The Kier molecular flexibility index (Phi) is 1.33. The smallest absolute Gasteiger partial charge is 0.0838 e. The van der Waals surface area contributed by atoms with Crippen molar-refractivity contribution in [2.24, 2.45) is 0 Å². The van der Waals surface area contributed by atoms with Gasteiger partial charge in [-0.25, -0.2) is 0 Å². The van der Waals surface area contributed by atoms with Gasteiger partial charge in [-0.15, -0.1) is 0 Å². The van der Waals surface area contributed by atoms with Crippen LogP contribution in [0.4, 0.5) is 0 Å². The molecule has 0 aromatic carbocycles. The fourth-order valence-corrected chi connectivity index (χ4v) is 0.818. The Labute approximate surface area is 44.7 Å². The van der Waals surface area contributed by atoms with Gasteiger partial charge in [0.05, 0.1) is 12.2 Å². The predicted molar refractivity (Wildman–Crippen MR) is 29.2 cm³/mol. The summed E-state index contributed by atoms with van der Waals surface area (Å²) >= 11 is 0. The summed E-state index contributed by atoms with van der Waals surface area (Å²) in [5, 5.41) is 0. The lowest BCUT2D eigenvalue weighted by molar-refractivity contribution is 0.369. The minimum atomic E-state index is 0.569. The van der Waals surface area contributed by atoms with Crippen LogP contribution in [0.2, 0.25) is 0 Å². The predicted octanol–water partition coefficient (Wildman–Crippen LogP) is 1.57. The molecule has 1 unspecified atom stereocenters. The monoisotopic (exact) mass is 100 g/mol. The molecule has 2 atom stereocenters. The van der Waals surface area contributed by atoms with E-state index in [9.17, 15) is 0 Å². The molecule has 1 aliphatic rings. The number of hydrogen-bond donors (Lipinski definition) is 0. The first kappa shape index (κ1) is 5.10. The maximum absolute atomic E-state index is 5.16. The zero-order valence-corrected chi connectivity index (χ0v) is 4.98. The summed E-state index contributed by atoms with van der Waals surface area (Å²) in [6, 6.07) is 0. The third kappa shape index (κ3) is 1.16. The number of ether oxygens (including phenoxy) is 1. The highest BCUT2D eigenvalue weighted by molar-refractivity contribution is 4.78. The van der Waals surface area contributed by atoms with Crippen LogP contribution in [0.1, 0.15) is 26.7 Å². The largest absolute Gasteiger partial charge is 0.370 e. The van der Waals surface area contributed by atoms with Crippen molar-refractivity contribution in [1.29, 1.82) is 0 Å². The summed E-state index contributed by atoms with van der Waals surface area (Å²) in [5.74, 6) is 0. The first-order valence-corrected chi connectivity index (χ1v) is 3.00. The van der Waals surface area contributed by atoms with Crippen molar-refractivity contribution in [3.63, 3.8) is 0 Å². The summed E-state index contributed by atoms with van der Waals surface area (Å²) in [6.07, 6.45) is 3.70. The van der Waals surface area contributed by atoms with Gasteiger partial charge in [-0.3, -0.25) is 0 Å². The number of rotatable bonds is 2. The molecular weight excluding hydrogens is 88.1 g/mol. The third-order valence-corrected chi connectivity index (χ3v) is 1.41. The van der Waals surface area contributed by atoms with Crippen LogP contribution in [0.15, 0.2) is 0 Å². The van der Waals surface area contributed by atoms with Gasteiger partial charge in [-0.2, -0.15) is 0 Å². The van der Waals surface area contributed by atoms with E-state index in [1.165, 1.54) is 12.8 Å². The van der Waals surface area contributed by atoms with Gasteiger partial charge in [0.25, 0.3) is 0 Å². The molecule has 1 aliphatic heterocycles. The van der Waals surface area contributed by atoms with E-state index in [0.717, 1.165) is 0 Å². The highest BCUT2D eigenvalue weighted by Gasteiger charge is 2.32. The topological polar surface area (TPSA) is 12.5 Å². The standard InChI is InChI=1S/C6H12O/c1-3-4-6-5(2)7-6/h5-6H,3-4H2,1-2H3/t5?,6-/m0/s1. The molecule has 7 heavy (non-hydrogen) atoms. The summed E-state index contributed by atoms with van der Waals surface area (Å²) in [6.45, 7) is 4.31. The summed E-state index contributed by atoms with van der Waals surface area (Å²) < 4.78 is 5.16. The average Bonchev–Trinajstić information content (AvgIpc) is 2.22. The average molecular weight is 100 g/mol. The highest BCUT2D eigenvalue weighted by Crippen LogP contribution is 2.24. The molecule has 0 aromatic heterocycles. The Bertz CT molecular complexity index is 61.2. The molecule has 0 N–H and O–H groups in total. The van der Waals surface area contributed by atoms with Gasteiger partial charge in [0, 0.05) is 0 Å². The molecule has 1 heteroatoms. The molecule has 0 radical (unpaired) electrons. The molecule has 0 spiro atoms. The first-order chi connectivity index (χ1) is 3.34. The van der Waals surface area contributed by atoms with Crippen LogP contribution in [0.3, 0.4) is 0 Å². The van der Waals surface area contributed by atoms with Crippen LogP contribution in [-0.4, -0.2) is 12.2 Å². The third-order valence-electron chi connectivity index (χ3n) is 1.41. The van der Waals surface area contributed by atoms with Crippen molar-refractivity contribution in [2.45, 2.75) is 38.9 Å². The van der Waals surface area contributed by atoms with E-state index < -0.39 is 0 Å². The van der Waals surface area contributed by atoms with Crippen LogP contribution < -0.4 is 0 Å². The lowest BCUT2D eigenvalue weighted by atomic mass is 10.2. The number of hydrogen-bond acceptors (Lipinski definition) is 1. The van der Waals surface area contributed by atoms with Gasteiger partial charge < -0.3 is 4.74 Å². The van der Waals surface area contributed by atoms with E-state index in [1.807, 2.05) is 0 Å². The quantitative estimate of drug-likeness (QED) is 0.480. The molecule has 0 amide bonds. The summed E-state index contributed by atoms with van der Waals surface area (Å²) in [4.78, 5) is 0. The SMILES string of the molecule is CCC[C@@H]1OC1C. The van der Waals surface area contributed by atoms with E-state index in [1.54, 1.807) is 0 Å². The van der Waals surface area contributed by atoms with Crippen LogP contribution >= 0.6 is 0 Å². The van der Waals surface area contributed by atoms with E-state index in [-0.39, 0.29) is 0 Å². The Balaban J connectivity index is 1.98. The van der Waals surface area contributed by atoms with Crippen LogP contribution in [0.5, 0.6) is 0 Å². The van der Waals surface area contributed by atoms with Crippen LogP contribution in [0.25, 0.3) is 0 Å². The Morgan fingerprint density at radius 3 is 2.29 bits per heavy atom. The molecule has 1 heterocycles. The van der Waals surface area contributed by atoms with Crippen molar-refractivity contribution in [2.75, 3.05) is 0 Å². The van der Waals surface area contributed by atoms with E-state index >= 15 is 0 Å². The molecule has 0 aromatic rings. The van der Waals surface area contributed by atoms with Crippen molar-refractivity contribution in [3.8, 4) is 0 Å². The summed E-state index contributed by atoms with van der Waals surface area (Å²) in [7, 11) is 0. The molecule has 1 nitrogen and oxygen atoms in total. The Hall–Kier alpha value is -0.0400. The van der Waals surface area contributed by atoms with Crippen molar-refractivity contribution in [3.05, 3.63) is 0 Å². The fraction of sp³-hybridized carbons (Fsp3) is 1.00. The molecule has 1 fully saturated rings. The second kappa shape index (κ2) is 1.83. The lowest BCUT2D eigenvalue weighted by Crippen LogP contribution is -1.85. The second-order valence-corrected chi connectivity index (χ2v) is 2.17. The molecule has 1 saturated heterocycles. The zero-order chi connectivity index (χ0) is 5.28. The Morgan fingerprint density at radius 2 is 2.14 bits per heavy atom.